The van der Waals surface area contributed by atoms with Crippen LogP contribution in [0, 0.1) is 0 Å². The fourth-order valence-corrected chi connectivity index (χ4v) is 7.05. The number of hydrazone groups is 3. The Morgan fingerprint density at radius 2 is 0.533 bits per heavy atom. The zero-order chi connectivity index (χ0) is 40.1. The van der Waals surface area contributed by atoms with Gasteiger partial charge in [0.05, 0.1) is 17.1 Å². The van der Waals surface area contributed by atoms with E-state index in [4.69, 9.17) is 30.6 Å². The van der Waals surface area contributed by atoms with E-state index < -0.39 is 0 Å². The fraction of sp³-hybridized carbons (Fsp3) is 0.0625. The molecule has 0 bridgehead atoms. The molecule has 0 aliphatic carbocycles. The van der Waals surface area contributed by atoms with Crippen LogP contribution in [0.1, 0.15) is 16.7 Å². The maximum atomic E-state index is 5.04. The highest BCUT2D eigenvalue weighted by Crippen LogP contribution is 2.30. The van der Waals surface area contributed by atoms with Crippen molar-refractivity contribution in [1.82, 2.24) is 0 Å². The summed E-state index contributed by atoms with van der Waals surface area (Å²) in [5.74, 6) is 1.88. The molecule has 12 nitrogen and oxygen atoms in total. The van der Waals surface area contributed by atoms with Crippen molar-refractivity contribution in [3.63, 3.8) is 0 Å². The van der Waals surface area contributed by atoms with E-state index in [1.807, 2.05) is 157 Å². The van der Waals surface area contributed by atoms with Gasteiger partial charge in [0.1, 0.15) is 0 Å². The van der Waals surface area contributed by atoms with Crippen LogP contribution >= 0.6 is 0 Å². The number of nitrogens with zero attached hydrogens (tertiary/aromatic N) is 12. The highest BCUT2D eigenvalue weighted by molar-refractivity contribution is 6.01. The monoisotopic (exact) mass is 783 g/mol. The lowest BCUT2D eigenvalue weighted by atomic mass is 10.2. The molecule has 0 fully saturated rings. The molecule has 60 heavy (non-hydrogen) atoms. The zero-order valence-corrected chi connectivity index (χ0v) is 32.5. The minimum atomic E-state index is 0.399. The highest BCUT2D eigenvalue weighted by atomic mass is 15.6. The van der Waals surface area contributed by atoms with Crippen LogP contribution in [0.15, 0.2) is 231 Å². The predicted molar refractivity (Wildman–Crippen MR) is 234 cm³/mol. The van der Waals surface area contributed by atoms with Gasteiger partial charge in [0.25, 0.3) is 20.0 Å². The normalized spacial score (nSPS) is 15.3. The van der Waals surface area contributed by atoms with Gasteiger partial charge < -0.3 is 0 Å². The summed E-state index contributed by atoms with van der Waals surface area (Å²) in [7, 11) is 0. The van der Waals surface area contributed by atoms with Crippen molar-refractivity contribution < 1.29 is 14.1 Å². The van der Waals surface area contributed by atoms with Crippen LogP contribution in [0.25, 0.3) is 0 Å². The van der Waals surface area contributed by atoms with Crippen molar-refractivity contribution in [1.29, 1.82) is 0 Å². The summed E-state index contributed by atoms with van der Waals surface area (Å²) in [6.07, 6.45) is 0. The van der Waals surface area contributed by atoms with E-state index in [-0.39, 0.29) is 0 Å². The largest absolute Gasteiger partial charge is 0.269 e. The van der Waals surface area contributed by atoms with E-state index in [2.05, 4.69) is 72.8 Å². The number of amidine groups is 3. The van der Waals surface area contributed by atoms with Crippen molar-refractivity contribution in [2.24, 2.45) is 30.6 Å². The van der Waals surface area contributed by atoms with Crippen LogP contribution in [0.5, 0.6) is 0 Å². The summed E-state index contributed by atoms with van der Waals surface area (Å²) in [5, 5.41) is 35.8. The topological polar surface area (TPSA) is 92.9 Å². The SMILES string of the molecule is c1ccc(C2=NN(c3ccc(N4C[N+](c5ccc(N6C[N+](c7ccccc7)=NC(c7ccccc7)=N6)cc5)=NC(c5ccccc5)=N4)cc3)C[N+](c3ccccc3)=N2)cc1. The molecule has 7 aromatic rings. The molecule has 0 spiro atoms. The lowest BCUT2D eigenvalue weighted by Gasteiger charge is -2.23. The molecule has 12 heteroatoms. The number of benzene rings is 7. The van der Waals surface area contributed by atoms with Gasteiger partial charge in [0, 0.05) is 68.4 Å². The Labute approximate surface area is 347 Å². The van der Waals surface area contributed by atoms with Gasteiger partial charge in [-0.3, -0.25) is 0 Å². The maximum Gasteiger partial charge on any atom is 0.269 e. The molecule has 3 aliphatic heterocycles. The molecule has 0 atom stereocenters. The van der Waals surface area contributed by atoms with E-state index in [1.165, 1.54) is 0 Å². The zero-order valence-electron chi connectivity index (χ0n) is 32.5. The Bertz CT molecular complexity index is 2810. The Kier molecular flexibility index (Phi) is 9.82. The van der Waals surface area contributed by atoms with Gasteiger partial charge in [-0.1, -0.05) is 141 Å². The van der Waals surface area contributed by atoms with Gasteiger partial charge in [0.2, 0.25) is 34.6 Å². The standard InChI is InChI=1S/C48H39N12/c1-6-16-37(17-7-1)46-49-55(40-22-12-4-13-23-40)34-57(51-46)42-26-30-44(31-27-42)59-36-60(54-48(53-59)39-20-10-3-11-21-39)45-32-28-43(29-33-45)58-35-56(41-24-14-5-15-25-41)50-47(52-58)38-18-8-2-9-19-38/h1-33H,34-36H2/q+3. The van der Waals surface area contributed by atoms with Gasteiger partial charge in [-0.05, 0) is 36.4 Å². The lowest BCUT2D eigenvalue weighted by Crippen LogP contribution is -2.32. The minimum absolute atomic E-state index is 0.399. The summed E-state index contributed by atoms with van der Waals surface area (Å²) in [4.78, 5) is 0. The van der Waals surface area contributed by atoms with Gasteiger partial charge in [-0.2, -0.15) is 0 Å². The second-order valence-corrected chi connectivity index (χ2v) is 14.2. The molecule has 3 aliphatic rings. The number of hydrogen-bond donors (Lipinski definition) is 0. The summed E-state index contributed by atoms with van der Waals surface area (Å²) in [6.45, 7) is 1.31. The second-order valence-electron chi connectivity index (χ2n) is 14.2. The number of rotatable bonds is 9. The van der Waals surface area contributed by atoms with Crippen LogP contribution < -0.4 is 15.0 Å². The van der Waals surface area contributed by atoms with Crippen molar-refractivity contribution in [3.8, 4) is 0 Å². The molecule has 0 aromatic heterocycles. The third-order valence-electron chi connectivity index (χ3n) is 10.2. The molecule has 3 heterocycles. The summed E-state index contributed by atoms with van der Waals surface area (Å²) in [5.41, 5.74) is 8.47. The first-order valence-corrected chi connectivity index (χ1v) is 19.7. The van der Waals surface area contributed by atoms with Crippen LogP contribution in [0.4, 0.5) is 34.1 Å². The van der Waals surface area contributed by atoms with E-state index in [1.54, 1.807) is 0 Å². The number of azo groups is 6. The number of hydrogen-bond acceptors (Lipinski definition) is 9. The van der Waals surface area contributed by atoms with Crippen molar-refractivity contribution in [3.05, 3.63) is 217 Å². The molecule has 0 unspecified atom stereocenters. The minimum Gasteiger partial charge on any atom is -0.201 e. The van der Waals surface area contributed by atoms with Gasteiger partial charge in [-0.15, -0.1) is 15.3 Å². The smallest absolute Gasteiger partial charge is 0.201 e. The van der Waals surface area contributed by atoms with Crippen molar-refractivity contribution in [2.45, 2.75) is 0 Å². The van der Waals surface area contributed by atoms with E-state index in [0.29, 0.717) is 37.5 Å². The first-order valence-electron chi connectivity index (χ1n) is 19.7. The summed E-state index contributed by atoms with van der Waals surface area (Å²) in [6, 6.07) is 67.1. The Balaban J connectivity index is 0.934. The third-order valence-corrected chi connectivity index (χ3v) is 10.2. The van der Waals surface area contributed by atoms with Crippen LogP contribution in [0.3, 0.4) is 0 Å². The Morgan fingerprint density at radius 1 is 0.283 bits per heavy atom. The summed E-state index contributed by atoms with van der Waals surface area (Å²) < 4.78 is 5.93. The maximum absolute atomic E-state index is 5.04. The molecule has 0 saturated carbocycles. The molecule has 0 radical (unpaired) electrons. The quantitative estimate of drug-likeness (QED) is 0.136. The Morgan fingerprint density at radius 3 is 0.833 bits per heavy atom. The molecule has 288 valence electrons. The fourth-order valence-electron chi connectivity index (χ4n) is 7.05. The molecule has 10 rings (SSSR count). The number of para-hydroxylation sites is 2. The molecule has 0 N–H and O–H groups in total. The second kappa shape index (κ2) is 16.3. The lowest BCUT2D eigenvalue weighted by molar-refractivity contribution is -0.508. The van der Waals surface area contributed by atoms with E-state index in [9.17, 15) is 0 Å². The average Bonchev–Trinajstić information content (AvgIpc) is 3.35. The van der Waals surface area contributed by atoms with Crippen LogP contribution in [0.2, 0.25) is 0 Å². The first-order chi connectivity index (χ1) is 29.7. The first kappa shape index (κ1) is 36.1. The van der Waals surface area contributed by atoms with Gasteiger partial charge in [-0.25, -0.2) is 15.0 Å². The van der Waals surface area contributed by atoms with E-state index in [0.717, 1.165) is 50.8 Å². The molecule has 7 aromatic carbocycles. The highest BCUT2D eigenvalue weighted by Gasteiger charge is 2.30. The number of anilines is 3. The average molecular weight is 784 g/mol. The molecular formula is C48H39N12+3. The van der Waals surface area contributed by atoms with Crippen LogP contribution in [-0.4, -0.2) is 51.6 Å². The Hall–Kier alpha value is -8.25. The van der Waals surface area contributed by atoms with Crippen molar-refractivity contribution >= 4 is 51.6 Å². The van der Waals surface area contributed by atoms with Crippen molar-refractivity contribution in [2.75, 3.05) is 35.0 Å². The van der Waals surface area contributed by atoms with Crippen LogP contribution in [-0.2, 0) is 0 Å². The van der Waals surface area contributed by atoms with Gasteiger partial charge >= 0.3 is 0 Å². The predicted octanol–water partition coefficient (Wildman–Crippen LogP) is 10.5. The van der Waals surface area contributed by atoms with Gasteiger partial charge in [0.15, 0.2) is 0 Å². The molecular weight excluding hydrogens is 745 g/mol. The summed E-state index contributed by atoms with van der Waals surface area (Å²) >= 11 is 0. The molecule has 0 amide bonds. The van der Waals surface area contributed by atoms with E-state index >= 15 is 0 Å². The third kappa shape index (κ3) is 7.72. The molecule has 0 saturated heterocycles.